The fraction of sp³-hybridized carbons (Fsp3) is 0.564. The molecule has 2 fully saturated rings. The van der Waals surface area contributed by atoms with Crippen LogP contribution in [-0.2, 0) is 44.6 Å². The van der Waals surface area contributed by atoms with Crippen LogP contribution in [0.2, 0.25) is 0 Å². The van der Waals surface area contributed by atoms with Crippen molar-refractivity contribution in [3.05, 3.63) is 59.8 Å². The number of rotatable bonds is 14. The van der Waals surface area contributed by atoms with Gasteiger partial charge in [-0.1, -0.05) is 19.1 Å². The lowest BCUT2D eigenvalue weighted by Gasteiger charge is -2.43. The van der Waals surface area contributed by atoms with Gasteiger partial charge in [-0.3, -0.25) is 9.36 Å². The van der Waals surface area contributed by atoms with Gasteiger partial charge in [-0.05, 0) is 48.3 Å². The molecule has 2 aromatic heterocycles. The summed E-state index contributed by atoms with van der Waals surface area (Å²) in [7, 11) is 11.1. The fourth-order valence-corrected chi connectivity index (χ4v) is 7.34. The molecule has 19 heteroatoms. The maximum atomic E-state index is 13.6. The molecule has 1 aromatic carbocycles. The third-order valence-electron chi connectivity index (χ3n) is 10.7. The zero-order chi connectivity index (χ0) is 42.1. The maximum Gasteiger partial charge on any atom is 0.338 e. The van der Waals surface area contributed by atoms with Gasteiger partial charge in [0, 0.05) is 74.8 Å². The van der Waals surface area contributed by atoms with Crippen molar-refractivity contribution in [1.29, 1.82) is 0 Å². The number of ether oxygens (including phenoxy) is 7. The average molecular weight is 825 g/mol. The number of aromatic nitrogens is 3. The molecule has 2 saturated heterocycles. The third-order valence-corrected chi connectivity index (χ3v) is 11.1. The van der Waals surface area contributed by atoms with Crippen LogP contribution in [0.5, 0.6) is 5.75 Å². The Morgan fingerprint density at radius 2 is 1.66 bits per heavy atom. The van der Waals surface area contributed by atoms with Gasteiger partial charge < -0.3 is 57.6 Å². The van der Waals surface area contributed by atoms with Crippen LogP contribution in [0.3, 0.4) is 0 Å². The van der Waals surface area contributed by atoms with E-state index in [0.717, 1.165) is 12.0 Å². The predicted molar refractivity (Wildman–Crippen MR) is 215 cm³/mol. The van der Waals surface area contributed by atoms with Crippen molar-refractivity contribution in [2.24, 2.45) is 5.92 Å². The quantitative estimate of drug-likeness (QED) is 0.132. The molecule has 314 valence electrons. The van der Waals surface area contributed by atoms with E-state index < -0.39 is 36.7 Å². The van der Waals surface area contributed by atoms with Crippen LogP contribution >= 0.6 is 12.2 Å². The van der Waals surface area contributed by atoms with Crippen LogP contribution in [0.25, 0.3) is 15.9 Å². The van der Waals surface area contributed by atoms with E-state index in [2.05, 4.69) is 21.7 Å². The molecule has 4 heterocycles. The average Bonchev–Trinajstić information content (AvgIpc) is 3.68. The molecule has 0 aliphatic carbocycles. The number of nitrogens with zero attached hydrogens (tertiary/aromatic N) is 8. The highest BCUT2D eigenvalue weighted by Gasteiger charge is 2.51. The number of anilines is 1. The zero-order valence-electron chi connectivity index (χ0n) is 34.1. The number of thiocarbonyl (C=S) groups is 1. The number of hydrogen-bond donors (Lipinski definition) is 0. The molecular formula is C39H52N8O10S. The monoisotopic (exact) mass is 824 g/mol. The number of piperidine rings is 1. The molecule has 0 N–H and O–H groups in total. The van der Waals surface area contributed by atoms with Gasteiger partial charge in [-0.25, -0.2) is 26.1 Å². The lowest BCUT2D eigenvalue weighted by atomic mass is 9.92. The van der Waals surface area contributed by atoms with Gasteiger partial charge >= 0.3 is 17.9 Å². The van der Waals surface area contributed by atoms with E-state index in [1.165, 1.54) is 39.3 Å². The van der Waals surface area contributed by atoms with E-state index in [-0.39, 0.29) is 42.2 Å². The summed E-state index contributed by atoms with van der Waals surface area (Å²) in [4.78, 5) is 58.0. The van der Waals surface area contributed by atoms with E-state index in [1.54, 1.807) is 47.1 Å². The summed E-state index contributed by atoms with van der Waals surface area (Å²) in [5.41, 5.74) is 1.29. The molecule has 3 aromatic rings. The highest BCUT2D eigenvalue weighted by atomic mass is 32.1. The van der Waals surface area contributed by atoms with Crippen molar-refractivity contribution in [2.75, 3.05) is 87.2 Å². The van der Waals surface area contributed by atoms with E-state index >= 15 is 0 Å². The number of likely N-dealkylation sites (N-methyl/N-ethyl adjacent to an activating group) is 3. The van der Waals surface area contributed by atoms with E-state index in [9.17, 15) is 14.4 Å². The predicted octanol–water partition coefficient (Wildman–Crippen LogP) is 2.68. The molecule has 0 bridgehead atoms. The standard InChI is InChI=1S/C39H52N8O10S/c1-24-14-16-46(29(48)20-40-2)21-28(24)45(5)34-27-15-17-47(35(27)42-23-41-34)38(50)43(3)18-19-44(4)39(58)55-22-25-10-12-26(13-11-25)56-37-33(53-8)31(52-7)30(51-6)32(57-37)36(49)54-9/h10-13,15,17,23-24,28,30-33,37H,14,16,18-22H2,1,3-9H3/t24-,28+,30+,31+,32+,33-,37-/m1/s1. The van der Waals surface area contributed by atoms with Crippen LogP contribution in [-0.4, -0.2) is 171 Å². The number of carbonyl (C=O) groups excluding carboxylic acids is 3. The molecule has 2 amide bonds. The van der Waals surface area contributed by atoms with Crippen molar-refractivity contribution < 1.29 is 47.5 Å². The summed E-state index contributed by atoms with van der Waals surface area (Å²) in [6, 6.07) is 8.63. The molecular weight excluding hydrogens is 773 g/mol. The van der Waals surface area contributed by atoms with Crippen molar-refractivity contribution >= 4 is 52.2 Å². The first kappa shape index (κ1) is 44.0. The van der Waals surface area contributed by atoms with Gasteiger partial charge in [0.05, 0.1) is 18.5 Å². The van der Waals surface area contributed by atoms with E-state index in [0.29, 0.717) is 48.8 Å². The Morgan fingerprint density at radius 1 is 0.966 bits per heavy atom. The topological polar surface area (TPSA) is 164 Å². The zero-order valence-corrected chi connectivity index (χ0v) is 34.9. The molecule has 58 heavy (non-hydrogen) atoms. The van der Waals surface area contributed by atoms with Crippen molar-refractivity contribution in [2.45, 2.75) is 56.7 Å². The SMILES string of the molecule is [C-]#[N+]CC(=O)N1CC[C@@H](C)[C@@H](N(C)c2ncnc3c2ccn3C(=O)N(C)CCN(C)C(=S)OCc2ccc(O[C@@H]3O[C@H](C(=O)OC)[C@@H](OC)[C@H](OC)[C@H]3OC)cc2)C1. The summed E-state index contributed by atoms with van der Waals surface area (Å²) < 4.78 is 41.1. The normalized spacial score (nSPS) is 23.1. The minimum atomic E-state index is -1.09. The smallest absolute Gasteiger partial charge is 0.338 e. The number of amides is 2. The van der Waals surface area contributed by atoms with Crippen molar-refractivity contribution in [3.8, 4) is 5.75 Å². The minimum Gasteiger partial charge on any atom is -0.467 e. The fourth-order valence-electron chi connectivity index (χ4n) is 7.19. The highest BCUT2D eigenvalue weighted by molar-refractivity contribution is 7.80. The highest BCUT2D eigenvalue weighted by Crippen LogP contribution is 2.31. The first-order chi connectivity index (χ1) is 27.9. The van der Waals surface area contributed by atoms with Gasteiger partial charge in [-0.15, -0.1) is 0 Å². The number of fused-ring (bicyclic) bond motifs is 1. The van der Waals surface area contributed by atoms with E-state index in [1.807, 2.05) is 30.1 Å². The lowest BCUT2D eigenvalue weighted by molar-refractivity contribution is -0.285. The summed E-state index contributed by atoms with van der Waals surface area (Å²) in [5.74, 6) is 0.602. The molecule has 0 unspecified atom stereocenters. The first-order valence-corrected chi connectivity index (χ1v) is 19.1. The molecule has 5 rings (SSSR count). The third kappa shape index (κ3) is 9.76. The second-order valence-electron chi connectivity index (χ2n) is 14.2. The number of esters is 1. The molecule has 0 radical (unpaired) electrons. The molecule has 7 atom stereocenters. The van der Waals surface area contributed by atoms with Crippen LogP contribution in [0.1, 0.15) is 18.9 Å². The molecule has 0 spiro atoms. The molecule has 2 aliphatic heterocycles. The second kappa shape index (κ2) is 20.0. The van der Waals surface area contributed by atoms with Crippen LogP contribution in [0.4, 0.5) is 10.6 Å². The van der Waals surface area contributed by atoms with Gasteiger partial charge in [0.15, 0.2) is 11.8 Å². The van der Waals surface area contributed by atoms with Crippen LogP contribution < -0.4 is 9.64 Å². The van der Waals surface area contributed by atoms with Gasteiger partial charge in [-0.2, -0.15) is 0 Å². The number of methoxy groups -OCH3 is 4. The number of hydrogen-bond acceptors (Lipinski definition) is 14. The second-order valence-corrected chi connectivity index (χ2v) is 14.6. The van der Waals surface area contributed by atoms with Crippen LogP contribution in [0.15, 0.2) is 42.9 Å². The lowest BCUT2D eigenvalue weighted by Crippen LogP contribution is -2.63. The van der Waals surface area contributed by atoms with Gasteiger partial charge in [0.1, 0.15) is 42.8 Å². The van der Waals surface area contributed by atoms with Crippen molar-refractivity contribution in [1.82, 2.24) is 29.2 Å². The largest absolute Gasteiger partial charge is 0.467 e. The first-order valence-electron chi connectivity index (χ1n) is 18.7. The van der Waals surface area contributed by atoms with Crippen LogP contribution in [0, 0.1) is 12.5 Å². The summed E-state index contributed by atoms with van der Waals surface area (Å²) >= 11 is 5.54. The van der Waals surface area contributed by atoms with Gasteiger partial charge in [0.2, 0.25) is 6.29 Å². The van der Waals surface area contributed by atoms with Crippen molar-refractivity contribution in [3.63, 3.8) is 0 Å². The summed E-state index contributed by atoms with van der Waals surface area (Å²) in [6.45, 7) is 11.1. The Kier molecular flexibility index (Phi) is 15.2. The summed E-state index contributed by atoms with van der Waals surface area (Å²) in [6.07, 6.45) is -0.318. The Labute approximate surface area is 343 Å². The number of likely N-dealkylation sites (tertiary alicyclic amines) is 1. The minimum absolute atomic E-state index is 0.0255. The van der Waals surface area contributed by atoms with Gasteiger partial charge in [0.25, 0.3) is 11.7 Å². The molecule has 0 saturated carbocycles. The molecule has 2 aliphatic rings. The number of carbonyl (C=O) groups is 3. The Morgan fingerprint density at radius 3 is 2.31 bits per heavy atom. The Hall–Kier alpha value is -5.13. The Bertz CT molecular complexity index is 1940. The molecule has 18 nitrogen and oxygen atoms in total. The number of benzene rings is 1. The Balaban J connectivity index is 1.13. The maximum absolute atomic E-state index is 13.6. The van der Waals surface area contributed by atoms with E-state index in [4.69, 9.17) is 51.9 Å². The summed E-state index contributed by atoms with van der Waals surface area (Å²) in [5, 5.41) is 0.966.